The molecular weight excluding hydrogens is 204 g/mol. The van der Waals surface area contributed by atoms with Gasteiger partial charge < -0.3 is 5.11 Å². The number of fused-ring (bicyclic) bond motifs is 1. The lowest BCUT2D eigenvalue weighted by Crippen LogP contribution is -2.13. The Kier molecular flexibility index (Phi) is 2.99. The van der Waals surface area contributed by atoms with Gasteiger partial charge in [-0.2, -0.15) is 5.10 Å². The van der Waals surface area contributed by atoms with Crippen LogP contribution in [0, 0.1) is 0 Å². The fraction of sp³-hybridized carbons (Fsp3) is 0.667. The van der Waals surface area contributed by atoms with E-state index in [1.807, 2.05) is 4.68 Å². The Morgan fingerprint density at radius 1 is 1.69 bits per heavy atom. The summed E-state index contributed by atoms with van der Waals surface area (Å²) < 4.78 is 1.95. The summed E-state index contributed by atoms with van der Waals surface area (Å²) in [6, 6.07) is 0.344. The van der Waals surface area contributed by atoms with E-state index in [2.05, 4.69) is 25.1 Å². The van der Waals surface area contributed by atoms with E-state index in [-0.39, 0.29) is 12.3 Å². The first-order valence-electron chi connectivity index (χ1n) is 5.87. The number of aliphatic carboxylic acids is 1. The predicted octanol–water partition coefficient (Wildman–Crippen LogP) is 2.36. The standard InChI is InChI=1S/C12H18N2O2/c1-8(2)14-7-10-5-3-4-9(6-11(15)16)12(10)13-14/h7-9H,3-6H2,1-2H3,(H,15,16). The number of aromatic nitrogens is 2. The molecule has 0 amide bonds. The highest BCUT2D eigenvalue weighted by Crippen LogP contribution is 2.33. The first-order chi connectivity index (χ1) is 7.58. The van der Waals surface area contributed by atoms with Crippen molar-refractivity contribution in [2.24, 2.45) is 0 Å². The Bertz CT molecular complexity index is 396. The minimum atomic E-state index is -0.725. The molecule has 0 fully saturated rings. The second kappa shape index (κ2) is 4.28. The third-order valence-electron chi connectivity index (χ3n) is 3.18. The van der Waals surface area contributed by atoms with Crippen molar-refractivity contribution in [2.75, 3.05) is 0 Å². The summed E-state index contributed by atoms with van der Waals surface area (Å²) in [7, 11) is 0. The van der Waals surface area contributed by atoms with Gasteiger partial charge in [0.05, 0.1) is 12.1 Å². The Morgan fingerprint density at radius 2 is 2.44 bits per heavy atom. The van der Waals surface area contributed by atoms with Gasteiger partial charge in [-0.3, -0.25) is 9.48 Å². The quantitative estimate of drug-likeness (QED) is 0.854. The van der Waals surface area contributed by atoms with E-state index in [0.717, 1.165) is 25.0 Å². The number of carboxylic acids is 1. The molecule has 88 valence electrons. The van der Waals surface area contributed by atoms with E-state index in [1.165, 1.54) is 5.56 Å². The van der Waals surface area contributed by atoms with Gasteiger partial charge in [-0.05, 0) is 38.7 Å². The lowest BCUT2D eigenvalue weighted by molar-refractivity contribution is -0.137. The zero-order chi connectivity index (χ0) is 11.7. The summed E-state index contributed by atoms with van der Waals surface area (Å²) in [5.41, 5.74) is 2.26. The second-order valence-corrected chi connectivity index (χ2v) is 4.80. The average Bonchev–Trinajstić information content (AvgIpc) is 2.61. The van der Waals surface area contributed by atoms with Gasteiger partial charge in [-0.25, -0.2) is 0 Å². The maximum absolute atomic E-state index is 10.8. The molecule has 4 nitrogen and oxygen atoms in total. The molecule has 0 aromatic carbocycles. The zero-order valence-corrected chi connectivity index (χ0v) is 9.81. The monoisotopic (exact) mass is 222 g/mol. The van der Waals surface area contributed by atoms with Crippen LogP contribution in [0.4, 0.5) is 0 Å². The van der Waals surface area contributed by atoms with Gasteiger partial charge >= 0.3 is 5.97 Å². The van der Waals surface area contributed by atoms with E-state index in [4.69, 9.17) is 5.11 Å². The summed E-state index contributed by atoms with van der Waals surface area (Å²) in [6.07, 6.45) is 5.36. The van der Waals surface area contributed by atoms with Crippen LogP contribution in [0.25, 0.3) is 0 Å². The van der Waals surface area contributed by atoms with Gasteiger partial charge in [0, 0.05) is 18.2 Å². The first-order valence-corrected chi connectivity index (χ1v) is 5.87. The summed E-state index contributed by atoms with van der Waals surface area (Å²) in [5, 5.41) is 13.4. The molecule has 16 heavy (non-hydrogen) atoms. The SMILES string of the molecule is CC(C)n1cc2c(n1)C(CC(=O)O)CCC2. The maximum atomic E-state index is 10.8. The number of carbonyl (C=O) groups is 1. The summed E-state index contributed by atoms with van der Waals surface area (Å²) in [4.78, 5) is 10.8. The molecule has 0 saturated heterocycles. The fourth-order valence-corrected chi connectivity index (χ4v) is 2.33. The molecule has 4 heteroatoms. The third kappa shape index (κ3) is 2.10. The zero-order valence-electron chi connectivity index (χ0n) is 9.81. The maximum Gasteiger partial charge on any atom is 0.304 e. The van der Waals surface area contributed by atoms with Crippen LogP contribution in [-0.4, -0.2) is 20.9 Å². The van der Waals surface area contributed by atoms with E-state index in [1.54, 1.807) is 0 Å². The van der Waals surface area contributed by atoms with Crippen molar-refractivity contribution in [3.8, 4) is 0 Å². The third-order valence-corrected chi connectivity index (χ3v) is 3.18. The minimum absolute atomic E-state index is 0.112. The largest absolute Gasteiger partial charge is 0.481 e. The van der Waals surface area contributed by atoms with Crippen LogP contribution in [0.15, 0.2) is 6.20 Å². The number of rotatable bonds is 3. The number of hydrogen-bond acceptors (Lipinski definition) is 2. The molecule has 1 atom stereocenters. The van der Waals surface area contributed by atoms with Crippen LogP contribution in [-0.2, 0) is 11.2 Å². The van der Waals surface area contributed by atoms with E-state index < -0.39 is 5.97 Å². The van der Waals surface area contributed by atoms with Crippen molar-refractivity contribution < 1.29 is 9.90 Å². The van der Waals surface area contributed by atoms with Gasteiger partial charge in [0.15, 0.2) is 0 Å². The van der Waals surface area contributed by atoms with E-state index >= 15 is 0 Å². The van der Waals surface area contributed by atoms with E-state index in [9.17, 15) is 4.79 Å². The number of carboxylic acid groups (broad SMARTS) is 1. The van der Waals surface area contributed by atoms with Crippen LogP contribution in [0.5, 0.6) is 0 Å². The first kappa shape index (κ1) is 11.2. The molecule has 1 aliphatic carbocycles. The Balaban J connectivity index is 2.27. The van der Waals surface area contributed by atoms with Crippen molar-refractivity contribution in [3.05, 3.63) is 17.5 Å². The topological polar surface area (TPSA) is 55.1 Å². The normalized spacial score (nSPS) is 19.8. The van der Waals surface area contributed by atoms with Crippen molar-refractivity contribution in [1.82, 2.24) is 9.78 Å². The molecule has 0 aliphatic heterocycles. The molecule has 1 N–H and O–H groups in total. The van der Waals surface area contributed by atoms with Gasteiger partial charge in [0.25, 0.3) is 0 Å². The highest BCUT2D eigenvalue weighted by atomic mass is 16.4. The molecule has 1 heterocycles. The average molecular weight is 222 g/mol. The van der Waals surface area contributed by atoms with Gasteiger partial charge in [-0.15, -0.1) is 0 Å². The molecule has 0 bridgehead atoms. The lowest BCUT2D eigenvalue weighted by Gasteiger charge is -2.18. The van der Waals surface area contributed by atoms with Crippen molar-refractivity contribution in [2.45, 2.75) is 51.5 Å². The van der Waals surface area contributed by atoms with E-state index in [0.29, 0.717) is 6.04 Å². The highest BCUT2D eigenvalue weighted by molar-refractivity contribution is 5.68. The molecule has 1 aliphatic rings. The molecule has 0 spiro atoms. The minimum Gasteiger partial charge on any atom is -0.481 e. The Morgan fingerprint density at radius 3 is 3.06 bits per heavy atom. The fourth-order valence-electron chi connectivity index (χ4n) is 2.33. The Labute approximate surface area is 95.3 Å². The van der Waals surface area contributed by atoms with Crippen molar-refractivity contribution in [3.63, 3.8) is 0 Å². The van der Waals surface area contributed by atoms with Crippen LogP contribution < -0.4 is 0 Å². The number of hydrogen-bond donors (Lipinski definition) is 1. The molecule has 0 saturated carbocycles. The van der Waals surface area contributed by atoms with Crippen molar-refractivity contribution in [1.29, 1.82) is 0 Å². The van der Waals surface area contributed by atoms with Crippen LogP contribution in [0.3, 0.4) is 0 Å². The molecule has 1 unspecified atom stereocenters. The smallest absolute Gasteiger partial charge is 0.304 e. The molecule has 0 radical (unpaired) electrons. The lowest BCUT2D eigenvalue weighted by atomic mass is 9.86. The molecule has 1 aromatic rings. The second-order valence-electron chi connectivity index (χ2n) is 4.80. The van der Waals surface area contributed by atoms with Crippen LogP contribution in [0.2, 0.25) is 0 Å². The summed E-state index contributed by atoms with van der Waals surface area (Å²) >= 11 is 0. The summed E-state index contributed by atoms with van der Waals surface area (Å²) in [5.74, 6) is -0.613. The van der Waals surface area contributed by atoms with Crippen LogP contribution >= 0.6 is 0 Å². The number of nitrogens with zero attached hydrogens (tertiary/aromatic N) is 2. The molecule has 2 rings (SSSR count). The van der Waals surface area contributed by atoms with Gasteiger partial charge in [0.2, 0.25) is 0 Å². The molecular formula is C12H18N2O2. The van der Waals surface area contributed by atoms with Gasteiger partial charge in [-0.1, -0.05) is 0 Å². The number of aryl methyl sites for hydroxylation is 1. The van der Waals surface area contributed by atoms with Gasteiger partial charge in [0.1, 0.15) is 0 Å². The predicted molar refractivity (Wildman–Crippen MR) is 60.5 cm³/mol. The van der Waals surface area contributed by atoms with Crippen LogP contribution in [0.1, 0.15) is 56.3 Å². The van der Waals surface area contributed by atoms with Crippen molar-refractivity contribution >= 4 is 5.97 Å². The summed E-state index contributed by atoms with van der Waals surface area (Å²) in [6.45, 7) is 4.18. The Hall–Kier alpha value is -1.32. The molecule has 1 aromatic heterocycles. The highest BCUT2D eigenvalue weighted by Gasteiger charge is 2.26.